The van der Waals surface area contributed by atoms with Gasteiger partial charge in [-0.15, -0.1) is 10.2 Å². The highest BCUT2D eigenvalue weighted by Crippen LogP contribution is 2.42. The average Bonchev–Trinajstić information content (AvgIpc) is 2.50. The van der Waals surface area contributed by atoms with Crippen molar-refractivity contribution < 1.29 is 9.47 Å². The summed E-state index contributed by atoms with van der Waals surface area (Å²) < 4.78 is 11.6. The van der Waals surface area contributed by atoms with E-state index >= 15 is 0 Å². The summed E-state index contributed by atoms with van der Waals surface area (Å²) in [7, 11) is 5.08. The molecule has 6 heteroatoms. The van der Waals surface area contributed by atoms with Crippen molar-refractivity contribution in [3.8, 4) is 22.8 Å². The second-order valence-corrected chi connectivity index (χ2v) is 5.35. The molecule has 0 fully saturated rings. The Morgan fingerprint density at radius 1 is 1.05 bits per heavy atom. The Hall–Kier alpha value is -1.82. The van der Waals surface area contributed by atoms with E-state index < -0.39 is 0 Å². The van der Waals surface area contributed by atoms with E-state index in [1.807, 2.05) is 33.0 Å². The van der Waals surface area contributed by atoms with Crippen molar-refractivity contribution in [1.82, 2.24) is 10.2 Å². The van der Waals surface area contributed by atoms with Gasteiger partial charge in [0.25, 0.3) is 0 Å². The minimum absolute atomic E-state index is 0.684. The maximum absolute atomic E-state index is 5.51. The lowest BCUT2D eigenvalue weighted by Crippen LogP contribution is -2.03. The van der Waals surface area contributed by atoms with Gasteiger partial charge in [0.2, 0.25) is 0 Å². The molecule has 1 heterocycles. The van der Waals surface area contributed by atoms with Gasteiger partial charge in [-0.2, -0.15) is 0 Å². The molecule has 0 radical (unpaired) electrons. The second kappa shape index (κ2) is 6.30. The van der Waals surface area contributed by atoms with Crippen LogP contribution in [0.25, 0.3) is 11.3 Å². The van der Waals surface area contributed by atoms with Gasteiger partial charge in [-0.05, 0) is 53.0 Å². The summed E-state index contributed by atoms with van der Waals surface area (Å²) in [5.41, 5.74) is 3.80. The summed E-state index contributed by atoms with van der Waals surface area (Å²) in [4.78, 5) is 0. The predicted molar refractivity (Wildman–Crippen MR) is 87.3 cm³/mol. The Morgan fingerprint density at radius 2 is 1.76 bits per heavy atom. The van der Waals surface area contributed by atoms with E-state index in [2.05, 4.69) is 31.4 Å². The number of methoxy groups -OCH3 is 2. The smallest absolute Gasteiger partial charge is 0.151 e. The SMILES string of the molecule is CNc1nnc(-c2ccc(OC)c(Br)c2OC)c(C)c1C. The van der Waals surface area contributed by atoms with E-state index in [-0.39, 0.29) is 0 Å². The van der Waals surface area contributed by atoms with E-state index in [0.29, 0.717) is 11.5 Å². The highest BCUT2D eigenvalue weighted by atomic mass is 79.9. The first-order valence-electron chi connectivity index (χ1n) is 6.47. The number of halogens is 1. The molecule has 2 aromatic rings. The first kappa shape index (κ1) is 15.6. The predicted octanol–water partition coefficient (Wildman–Crippen LogP) is 3.58. The van der Waals surface area contributed by atoms with Crippen molar-refractivity contribution >= 4 is 21.7 Å². The highest BCUT2D eigenvalue weighted by Gasteiger charge is 2.18. The van der Waals surface area contributed by atoms with Gasteiger partial charge in [-0.3, -0.25) is 0 Å². The molecule has 1 aromatic carbocycles. The van der Waals surface area contributed by atoms with E-state index in [1.165, 1.54) is 0 Å². The van der Waals surface area contributed by atoms with Crippen LogP contribution in [0.4, 0.5) is 5.82 Å². The van der Waals surface area contributed by atoms with Crippen LogP contribution in [-0.2, 0) is 0 Å². The molecule has 0 saturated heterocycles. The molecule has 1 N–H and O–H groups in total. The van der Waals surface area contributed by atoms with Gasteiger partial charge in [-0.25, -0.2) is 0 Å². The van der Waals surface area contributed by atoms with Crippen LogP contribution in [0.2, 0.25) is 0 Å². The zero-order valence-electron chi connectivity index (χ0n) is 12.7. The number of ether oxygens (including phenoxy) is 2. The van der Waals surface area contributed by atoms with Crippen LogP contribution in [0.3, 0.4) is 0 Å². The van der Waals surface area contributed by atoms with Gasteiger partial charge >= 0.3 is 0 Å². The van der Waals surface area contributed by atoms with Crippen LogP contribution < -0.4 is 14.8 Å². The number of nitrogens with one attached hydrogen (secondary N) is 1. The number of aromatic nitrogens is 2. The molecular weight excluding hydrogens is 334 g/mol. The number of benzene rings is 1. The average molecular weight is 352 g/mol. The van der Waals surface area contributed by atoms with Gasteiger partial charge in [0.1, 0.15) is 21.7 Å². The van der Waals surface area contributed by atoms with Gasteiger partial charge in [-0.1, -0.05) is 0 Å². The fourth-order valence-corrected chi connectivity index (χ4v) is 2.85. The first-order valence-corrected chi connectivity index (χ1v) is 7.26. The Kier molecular flexibility index (Phi) is 4.67. The van der Waals surface area contributed by atoms with Crippen LogP contribution in [0.1, 0.15) is 11.1 Å². The largest absolute Gasteiger partial charge is 0.495 e. The van der Waals surface area contributed by atoms with E-state index in [0.717, 1.165) is 32.7 Å². The molecule has 0 amide bonds. The van der Waals surface area contributed by atoms with Crippen LogP contribution in [-0.4, -0.2) is 31.5 Å². The highest BCUT2D eigenvalue weighted by molar-refractivity contribution is 9.10. The van der Waals surface area contributed by atoms with E-state index in [4.69, 9.17) is 9.47 Å². The molecule has 1 aromatic heterocycles. The molecule has 0 aliphatic carbocycles. The maximum atomic E-state index is 5.51. The second-order valence-electron chi connectivity index (χ2n) is 4.56. The minimum Gasteiger partial charge on any atom is -0.495 e. The molecule has 0 bridgehead atoms. The number of rotatable bonds is 4. The van der Waals surface area contributed by atoms with Crippen molar-refractivity contribution in [2.24, 2.45) is 0 Å². The third-order valence-electron chi connectivity index (χ3n) is 3.50. The molecule has 0 unspecified atom stereocenters. The number of hydrogen-bond acceptors (Lipinski definition) is 5. The molecule has 112 valence electrons. The normalized spacial score (nSPS) is 10.4. The minimum atomic E-state index is 0.684. The summed E-state index contributed by atoms with van der Waals surface area (Å²) in [6.07, 6.45) is 0. The van der Waals surface area contributed by atoms with Crippen molar-refractivity contribution in [2.75, 3.05) is 26.6 Å². The summed E-state index contributed by atoms with van der Waals surface area (Å²) in [6, 6.07) is 3.81. The number of hydrogen-bond donors (Lipinski definition) is 1. The Labute approximate surface area is 132 Å². The van der Waals surface area contributed by atoms with E-state index in [1.54, 1.807) is 14.2 Å². The third kappa shape index (κ3) is 2.68. The molecule has 5 nitrogen and oxygen atoms in total. The van der Waals surface area contributed by atoms with Crippen LogP contribution in [0, 0.1) is 13.8 Å². The summed E-state index contributed by atoms with van der Waals surface area (Å²) in [5.74, 6) is 2.18. The Morgan fingerprint density at radius 3 is 2.33 bits per heavy atom. The van der Waals surface area contributed by atoms with Crippen molar-refractivity contribution in [3.63, 3.8) is 0 Å². The molecule has 0 saturated carbocycles. The summed E-state index contributed by atoms with van der Waals surface area (Å²) in [6.45, 7) is 4.04. The van der Waals surface area contributed by atoms with Crippen LogP contribution >= 0.6 is 15.9 Å². The van der Waals surface area contributed by atoms with Crippen LogP contribution in [0.5, 0.6) is 11.5 Å². The fraction of sp³-hybridized carbons (Fsp3) is 0.333. The first-order chi connectivity index (χ1) is 10.0. The quantitative estimate of drug-likeness (QED) is 0.912. The maximum Gasteiger partial charge on any atom is 0.151 e. The van der Waals surface area contributed by atoms with Crippen LogP contribution in [0.15, 0.2) is 16.6 Å². The lowest BCUT2D eigenvalue weighted by molar-refractivity contribution is 0.390. The third-order valence-corrected chi connectivity index (χ3v) is 4.25. The molecule has 0 atom stereocenters. The van der Waals surface area contributed by atoms with Crippen molar-refractivity contribution in [1.29, 1.82) is 0 Å². The van der Waals surface area contributed by atoms with Gasteiger partial charge in [0.15, 0.2) is 5.82 Å². The molecule has 0 spiro atoms. The van der Waals surface area contributed by atoms with Crippen molar-refractivity contribution in [2.45, 2.75) is 13.8 Å². The standard InChI is InChI=1S/C15H18BrN3O2/c1-8-9(2)15(17-3)19-18-13(8)10-6-7-11(20-4)12(16)14(10)21-5/h6-7H,1-5H3,(H,17,19). The monoisotopic (exact) mass is 351 g/mol. The van der Waals surface area contributed by atoms with Gasteiger partial charge < -0.3 is 14.8 Å². The molecular formula is C15H18BrN3O2. The molecule has 0 aliphatic rings. The van der Waals surface area contributed by atoms with Gasteiger partial charge in [0, 0.05) is 12.6 Å². The molecule has 0 aliphatic heterocycles. The number of nitrogens with zero attached hydrogens (tertiary/aromatic N) is 2. The lowest BCUT2D eigenvalue weighted by atomic mass is 10.0. The molecule has 21 heavy (non-hydrogen) atoms. The Balaban J connectivity index is 2.68. The molecule has 2 rings (SSSR count). The zero-order chi connectivity index (χ0) is 15.6. The zero-order valence-corrected chi connectivity index (χ0v) is 14.3. The summed E-state index contributed by atoms with van der Waals surface area (Å²) in [5, 5.41) is 11.6. The van der Waals surface area contributed by atoms with E-state index in [9.17, 15) is 0 Å². The fourth-order valence-electron chi connectivity index (χ4n) is 2.18. The van der Waals surface area contributed by atoms with Gasteiger partial charge in [0.05, 0.1) is 14.2 Å². The topological polar surface area (TPSA) is 56.3 Å². The lowest BCUT2D eigenvalue weighted by Gasteiger charge is -2.15. The number of anilines is 1. The van der Waals surface area contributed by atoms with Crippen molar-refractivity contribution in [3.05, 3.63) is 27.7 Å². The summed E-state index contributed by atoms with van der Waals surface area (Å²) >= 11 is 3.51. The Bertz CT molecular complexity index is 674.